The van der Waals surface area contributed by atoms with Gasteiger partial charge in [-0.3, -0.25) is 14.6 Å². The van der Waals surface area contributed by atoms with Crippen molar-refractivity contribution in [1.29, 1.82) is 0 Å². The number of hydrogen-bond acceptors (Lipinski definition) is 5. The molecule has 0 fully saturated rings. The van der Waals surface area contributed by atoms with E-state index in [9.17, 15) is 19.5 Å². The molecule has 0 bridgehead atoms. The topological polar surface area (TPSA) is 99.6 Å². The number of hydrogen-bond donors (Lipinski definition) is 2. The lowest BCUT2D eigenvalue weighted by atomic mass is 10.1. The molecule has 1 aliphatic heterocycles. The molecule has 0 aliphatic carbocycles. The van der Waals surface area contributed by atoms with Crippen molar-refractivity contribution < 1.29 is 19.5 Å². The molecule has 0 unspecified atom stereocenters. The number of carboxylic acids is 1. The van der Waals surface area contributed by atoms with Gasteiger partial charge in [-0.25, -0.2) is 9.69 Å². The molecule has 0 spiro atoms. The van der Waals surface area contributed by atoms with Gasteiger partial charge in [-0.2, -0.15) is 0 Å². The number of carbonyl (C=O) groups is 3. The standard InChI is InChI=1S/C21H15N3O4/c25-19-15-5-1-2-6-16(15)20(26)24(19)18-10-14(21(27)28)7-8-17(18)23-12-13-4-3-9-22-11-13/h1-11,23H,12H2,(H,27,28). The van der Waals surface area contributed by atoms with Crippen molar-refractivity contribution in [3.8, 4) is 0 Å². The summed E-state index contributed by atoms with van der Waals surface area (Å²) in [6, 6.07) is 14.5. The molecule has 2 N–H and O–H groups in total. The molecule has 7 heteroatoms. The third-order valence-corrected chi connectivity index (χ3v) is 4.49. The fourth-order valence-corrected chi connectivity index (χ4v) is 3.11. The number of nitrogens with one attached hydrogen (secondary N) is 1. The highest BCUT2D eigenvalue weighted by atomic mass is 16.4. The second-order valence-electron chi connectivity index (χ2n) is 6.24. The first kappa shape index (κ1) is 17.4. The molecule has 3 aromatic rings. The van der Waals surface area contributed by atoms with Gasteiger partial charge in [-0.05, 0) is 42.0 Å². The number of imide groups is 1. The van der Waals surface area contributed by atoms with E-state index in [1.165, 1.54) is 12.1 Å². The summed E-state index contributed by atoms with van der Waals surface area (Å²) in [4.78, 5) is 42.2. The van der Waals surface area contributed by atoms with Gasteiger partial charge >= 0.3 is 5.97 Å². The van der Waals surface area contributed by atoms with Gasteiger partial charge in [0.15, 0.2) is 0 Å². The van der Waals surface area contributed by atoms with E-state index in [0.29, 0.717) is 23.4 Å². The van der Waals surface area contributed by atoms with E-state index in [2.05, 4.69) is 10.3 Å². The average Bonchev–Trinajstić information content (AvgIpc) is 2.98. The second kappa shape index (κ2) is 6.96. The summed E-state index contributed by atoms with van der Waals surface area (Å²) in [5.74, 6) is -2.10. The van der Waals surface area contributed by atoms with Crippen LogP contribution < -0.4 is 10.2 Å². The Labute approximate surface area is 160 Å². The van der Waals surface area contributed by atoms with Gasteiger partial charge < -0.3 is 10.4 Å². The molecular weight excluding hydrogens is 358 g/mol. The van der Waals surface area contributed by atoms with Crippen LogP contribution in [0.3, 0.4) is 0 Å². The number of anilines is 2. The first-order valence-electron chi connectivity index (χ1n) is 8.54. The van der Waals surface area contributed by atoms with Crippen LogP contribution in [0.5, 0.6) is 0 Å². The highest BCUT2D eigenvalue weighted by Gasteiger charge is 2.37. The molecule has 0 atom stereocenters. The highest BCUT2D eigenvalue weighted by Crippen LogP contribution is 2.34. The number of carbonyl (C=O) groups excluding carboxylic acids is 2. The molecule has 2 amide bonds. The molecule has 2 heterocycles. The lowest BCUT2D eigenvalue weighted by Gasteiger charge is -2.20. The lowest BCUT2D eigenvalue weighted by Crippen LogP contribution is -2.30. The van der Waals surface area contributed by atoms with Crippen LogP contribution in [-0.4, -0.2) is 27.9 Å². The minimum Gasteiger partial charge on any atom is -0.478 e. The van der Waals surface area contributed by atoms with Crippen molar-refractivity contribution in [3.05, 3.63) is 89.2 Å². The van der Waals surface area contributed by atoms with Gasteiger partial charge in [0.05, 0.1) is 28.1 Å². The zero-order valence-corrected chi connectivity index (χ0v) is 14.6. The van der Waals surface area contributed by atoms with E-state index in [1.54, 1.807) is 48.8 Å². The van der Waals surface area contributed by atoms with Crippen LogP contribution in [0.4, 0.5) is 11.4 Å². The zero-order chi connectivity index (χ0) is 19.7. The van der Waals surface area contributed by atoms with Crippen LogP contribution in [0.25, 0.3) is 0 Å². The van der Waals surface area contributed by atoms with Gasteiger partial charge in [0.25, 0.3) is 11.8 Å². The van der Waals surface area contributed by atoms with Gasteiger partial charge in [-0.15, -0.1) is 0 Å². The van der Waals surface area contributed by atoms with Gasteiger partial charge in [0.2, 0.25) is 0 Å². The normalized spacial score (nSPS) is 12.8. The SMILES string of the molecule is O=C(O)c1ccc(NCc2cccnc2)c(N2C(=O)c3ccccc3C2=O)c1. The monoisotopic (exact) mass is 373 g/mol. The number of nitrogens with zero attached hydrogens (tertiary/aromatic N) is 2. The zero-order valence-electron chi connectivity index (χ0n) is 14.6. The first-order valence-corrected chi connectivity index (χ1v) is 8.54. The van der Waals surface area contributed by atoms with Gasteiger partial charge in [0.1, 0.15) is 0 Å². The van der Waals surface area contributed by atoms with Gasteiger partial charge in [0, 0.05) is 18.9 Å². The molecule has 2 aromatic carbocycles. The van der Waals surface area contributed by atoms with E-state index in [-0.39, 0.29) is 11.3 Å². The molecular formula is C21H15N3O4. The van der Waals surface area contributed by atoms with Crippen LogP contribution in [0.2, 0.25) is 0 Å². The number of aromatic nitrogens is 1. The molecule has 7 nitrogen and oxygen atoms in total. The van der Waals surface area contributed by atoms with Crippen molar-refractivity contribution >= 4 is 29.2 Å². The van der Waals surface area contributed by atoms with E-state index in [4.69, 9.17) is 0 Å². The van der Waals surface area contributed by atoms with Crippen molar-refractivity contribution in [3.63, 3.8) is 0 Å². The average molecular weight is 373 g/mol. The van der Waals surface area contributed by atoms with E-state index in [1.807, 2.05) is 6.07 Å². The number of rotatable bonds is 5. The number of pyridine rings is 1. The number of carboxylic acid groups (broad SMARTS) is 1. The van der Waals surface area contributed by atoms with Crippen LogP contribution >= 0.6 is 0 Å². The Hall–Kier alpha value is -4.00. The summed E-state index contributed by atoms with van der Waals surface area (Å²) < 4.78 is 0. The van der Waals surface area contributed by atoms with Crippen molar-refractivity contribution in [2.75, 3.05) is 10.2 Å². The molecule has 0 saturated heterocycles. The minimum atomic E-state index is -1.14. The summed E-state index contributed by atoms with van der Waals surface area (Å²) in [7, 11) is 0. The Bertz CT molecular complexity index is 1060. The Kier molecular flexibility index (Phi) is 4.33. The predicted molar refractivity (Wildman–Crippen MR) is 103 cm³/mol. The highest BCUT2D eigenvalue weighted by molar-refractivity contribution is 6.35. The quantitative estimate of drug-likeness (QED) is 0.667. The number of benzene rings is 2. The molecule has 1 aliphatic rings. The summed E-state index contributed by atoms with van der Waals surface area (Å²) in [6.07, 6.45) is 3.36. The predicted octanol–water partition coefficient (Wildman–Crippen LogP) is 3.19. The first-order chi connectivity index (χ1) is 13.6. The summed E-state index contributed by atoms with van der Waals surface area (Å²) in [5.41, 5.74) is 2.16. The Morgan fingerprint density at radius 2 is 1.71 bits per heavy atom. The van der Waals surface area contributed by atoms with E-state index in [0.717, 1.165) is 10.5 Å². The molecule has 1 aromatic heterocycles. The maximum atomic E-state index is 12.8. The third kappa shape index (κ3) is 2.99. The maximum absolute atomic E-state index is 12.8. The summed E-state index contributed by atoms with van der Waals surface area (Å²) >= 11 is 0. The van der Waals surface area contributed by atoms with Crippen molar-refractivity contribution in [1.82, 2.24) is 4.98 Å². The fourth-order valence-electron chi connectivity index (χ4n) is 3.11. The molecule has 0 saturated carbocycles. The largest absolute Gasteiger partial charge is 0.478 e. The second-order valence-corrected chi connectivity index (χ2v) is 6.24. The van der Waals surface area contributed by atoms with E-state index < -0.39 is 17.8 Å². The van der Waals surface area contributed by atoms with Gasteiger partial charge in [-0.1, -0.05) is 18.2 Å². The summed E-state index contributed by atoms with van der Waals surface area (Å²) in [5, 5.41) is 12.5. The fraction of sp³-hybridized carbons (Fsp3) is 0.0476. The Balaban J connectivity index is 1.74. The number of amides is 2. The molecule has 138 valence electrons. The Morgan fingerprint density at radius 3 is 2.32 bits per heavy atom. The Morgan fingerprint density at radius 1 is 1.00 bits per heavy atom. The number of fused-ring (bicyclic) bond motifs is 1. The molecule has 4 rings (SSSR count). The summed E-state index contributed by atoms with van der Waals surface area (Å²) in [6.45, 7) is 0.399. The van der Waals surface area contributed by atoms with Crippen LogP contribution in [0, 0.1) is 0 Å². The van der Waals surface area contributed by atoms with Crippen LogP contribution in [0.1, 0.15) is 36.6 Å². The third-order valence-electron chi connectivity index (χ3n) is 4.49. The number of aromatic carboxylic acids is 1. The smallest absolute Gasteiger partial charge is 0.335 e. The maximum Gasteiger partial charge on any atom is 0.335 e. The van der Waals surface area contributed by atoms with Crippen molar-refractivity contribution in [2.45, 2.75) is 6.54 Å². The van der Waals surface area contributed by atoms with Crippen LogP contribution in [-0.2, 0) is 6.54 Å². The molecule has 0 radical (unpaired) electrons. The molecule has 28 heavy (non-hydrogen) atoms. The van der Waals surface area contributed by atoms with Crippen LogP contribution in [0.15, 0.2) is 67.0 Å². The van der Waals surface area contributed by atoms with Crippen molar-refractivity contribution in [2.24, 2.45) is 0 Å². The van der Waals surface area contributed by atoms with E-state index >= 15 is 0 Å². The minimum absolute atomic E-state index is 0.0153. The lowest BCUT2D eigenvalue weighted by molar-refractivity contribution is 0.0695.